The zero-order valence-corrected chi connectivity index (χ0v) is 12.6. The zero-order chi connectivity index (χ0) is 17.3. The number of halogens is 1. The van der Waals surface area contributed by atoms with Gasteiger partial charge in [0.25, 0.3) is 5.91 Å². The number of carboxylic acid groups (broad SMARTS) is 1. The third-order valence-electron chi connectivity index (χ3n) is 4.04. The fraction of sp³-hybridized carbons (Fsp3) is 0.167. The van der Waals surface area contributed by atoms with Crippen molar-refractivity contribution in [2.45, 2.75) is 18.9 Å². The molecule has 0 bridgehead atoms. The highest BCUT2D eigenvalue weighted by Crippen LogP contribution is 2.32. The summed E-state index contributed by atoms with van der Waals surface area (Å²) in [6.45, 7) is -0.227. The summed E-state index contributed by atoms with van der Waals surface area (Å²) in [6, 6.07) is 12.3. The fourth-order valence-corrected chi connectivity index (χ4v) is 2.88. The number of rotatable bonds is 4. The molecule has 0 aliphatic carbocycles. The van der Waals surface area contributed by atoms with E-state index in [9.17, 15) is 18.8 Å². The number of carboxylic acids is 1. The second kappa shape index (κ2) is 6.23. The van der Waals surface area contributed by atoms with Crippen molar-refractivity contribution in [3.8, 4) is 0 Å². The summed E-state index contributed by atoms with van der Waals surface area (Å²) in [5.41, 5.74) is 0.882. The van der Waals surface area contributed by atoms with Gasteiger partial charge in [0.1, 0.15) is 5.82 Å². The van der Waals surface area contributed by atoms with Gasteiger partial charge in [-0.2, -0.15) is 0 Å². The molecule has 0 saturated carbocycles. The maximum absolute atomic E-state index is 13.9. The topological polar surface area (TPSA) is 74.7 Å². The van der Waals surface area contributed by atoms with E-state index in [0.29, 0.717) is 5.56 Å². The molecular weight excluding hydrogens is 313 g/mol. The lowest BCUT2D eigenvalue weighted by Gasteiger charge is -2.32. The molecule has 6 heteroatoms. The molecule has 2 aromatic rings. The first kappa shape index (κ1) is 15.9. The first-order chi connectivity index (χ1) is 11.5. The molecular formula is C18H14FNO4. The Hall–Kier alpha value is -3.02. The summed E-state index contributed by atoms with van der Waals surface area (Å²) in [4.78, 5) is 37.3. The van der Waals surface area contributed by atoms with Crippen molar-refractivity contribution in [1.29, 1.82) is 0 Å². The Labute approximate surface area is 137 Å². The molecule has 0 aromatic heterocycles. The van der Waals surface area contributed by atoms with Crippen LogP contribution in [0.5, 0.6) is 0 Å². The number of nitrogens with zero attached hydrogens (tertiary/aromatic N) is 1. The van der Waals surface area contributed by atoms with Crippen LogP contribution in [0.25, 0.3) is 0 Å². The van der Waals surface area contributed by atoms with Gasteiger partial charge in [-0.1, -0.05) is 36.4 Å². The summed E-state index contributed by atoms with van der Waals surface area (Å²) < 4.78 is 13.9. The van der Waals surface area contributed by atoms with Crippen LogP contribution in [0, 0.1) is 5.82 Å². The van der Waals surface area contributed by atoms with Crippen molar-refractivity contribution in [2.75, 3.05) is 0 Å². The van der Waals surface area contributed by atoms with E-state index in [2.05, 4.69) is 0 Å². The van der Waals surface area contributed by atoms with Crippen LogP contribution >= 0.6 is 0 Å². The van der Waals surface area contributed by atoms with Crippen LogP contribution in [0.1, 0.15) is 33.8 Å². The average Bonchev–Trinajstić information content (AvgIpc) is 2.57. The number of carbonyl (C=O) groups is 3. The van der Waals surface area contributed by atoms with E-state index in [1.54, 1.807) is 30.3 Å². The van der Waals surface area contributed by atoms with Crippen molar-refractivity contribution >= 4 is 17.8 Å². The molecule has 1 unspecified atom stereocenters. The van der Waals surface area contributed by atoms with E-state index >= 15 is 0 Å². The third-order valence-corrected chi connectivity index (χ3v) is 4.04. The molecule has 1 N–H and O–H groups in total. The lowest BCUT2D eigenvalue weighted by Crippen LogP contribution is -2.44. The molecule has 3 rings (SSSR count). The van der Waals surface area contributed by atoms with Crippen LogP contribution < -0.4 is 0 Å². The number of hydrogen-bond donors (Lipinski definition) is 1. The third kappa shape index (κ3) is 2.78. The lowest BCUT2D eigenvalue weighted by atomic mass is 9.86. The number of fused-ring (bicyclic) bond motifs is 1. The second-order valence-electron chi connectivity index (χ2n) is 5.56. The number of aliphatic carboxylic acids is 1. The van der Waals surface area contributed by atoms with Crippen molar-refractivity contribution in [3.63, 3.8) is 0 Å². The molecule has 0 fully saturated rings. The second-order valence-corrected chi connectivity index (χ2v) is 5.56. The Morgan fingerprint density at radius 3 is 2.46 bits per heavy atom. The standard InChI is InChI=1S/C18H14FNO4/c19-15-8-4-1-5-11(15)10-20-17(23)13-7-3-2-6-12(13)14(18(20)24)9-16(21)22/h1-8,14H,9-10H2,(H,21,22). The molecule has 0 saturated heterocycles. The summed E-state index contributed by atoms with van der Waals surface area (Å²) in [7, 11) is 0. The van der Waals surface area contributed by atoms with E-state index in [4.69, 9.17) is 5.11 Å². The van der Waals surface area contributed by atoms with Crippen molar-refractivity contribution in [1.82, 2.24) is 4.90 Å². The van der Waals surface area contributed by atoms with Gasteiger partial charge in [0, 0.05) is 11.1 Å². The van der Waals surface area contributed by atoms with Gasteiger partial charge in [0.05, 0.1) is 18.9 Å². The van der Waals surface area contributed by atoms with Crippen molar-refractivity contribution < 1.29 is 23.9 Å². The smallest absolute Gasteiger partial charge is 0.304 e. The van der Waals surface area contributed by atoms with Gasteiger partial charge in [-0.3, -0.25) is 19.3 Å². The van der Waals surface area contributed by atoms with Crippen LogP contribution in [-0.2, 0) is 16.1 Å². The van der Waals surface area contributed by atoms with Crippen LogP contribution in [0.3, 0.4) is 0 Å². The van der Waals surface area contributed by atoms with Gasteiger partial charge in [0.15, 0.2) is 0 Å². The van der Waals surface area contributed by atoms with E-state index in [1.165, 1.54) is 18.2 Å². The van der Waals surface area contributed by atoms with Gasteiger partial charge in [0.2, 0.25) is 5.91 Å². The first-order valence-corrected chi connectivity index (χ1v) is 7.39. The van der Waals surface area contributed by atoms with E-state index < -0.39 is 35.9 Å². The highest BCUT2D eigenvalue weighted by Gasteiger charge is 2.39. The Bertz CT molecular complexity index is 833. The number of hydrogen-bond acceptors (Lipinski definition) is 3. The van der Waals surface area contributed by atoms with E-state index in [0.717, 1.165) is 4.90 Å². The largest absolute Gasteiger partial charge is 0.481 e. The average molecular weight is 327 g/mol. The summed E-state index contributed by atoms with van der Waals surface area (Å²) in [5, 5.41) is 9.08. The molecule has 0 radical (unpaired) electrons. The van der Waals surface area contributed by atoms with Crippen molar-refractivity contribution in [2.24, 2.45) is 0 Å². The molecule has 122 valence electrons. The predicted molar refractivity (Wildman–Crippen MR) is 82.7 cm³/mol. The van der Waals surface area contributed by atoms with Gasteiger partial charge >= 0.3 is 5.97 Å². The summed E-state index contributed by atoms with van der Waals surface area (Å²) in [6.07, 6.45) is -0.420. The molecule has 1 heterocycles. The number of benzene rings is 2. The number of carbonyl (C=O) groups excluding carboxylic acids is 2. The first-order valence-electron chi connectivity index (χ1n) is 7.39. The van der Waals surface area contributed by atoms with Gasteiger partial charge in [-0.05, 0) is 17.7 Å². The van der Waals surface area contributed by atoms with Crippen LogP contribution in [0.15, 0.2) is 48.5 Å². The van der Waals surface area contributed by atoms with Crippen LogP contribution in [0.4, 0.5) is 4.39 Å². The molecule has 1 aliphatic rings. The minimum absolute atomic E-state index is 0.202. The Morgan fingerprint density at radius 2 is 1.75 bits per heavy atom. The van der Waals surface area contributed by atoms with Crippen LogP contribution in [-0.4, -0.2) is 27.8 Å². The van der Waals surface area contributed by atoms with Crippen LogP contribution in [0.2, 0.25) is 0 Å². The summed E-state index contributed by atoms with van der Waals surface area (Å²) >= 11 is 0. The Morgan fingerprint density at radius 1 is 1.08 bits per heavy atom. The molecule has 0 spiro atoms. The quantitative estimate of drug-likeness (QED) is 0.876. The van der Waals surface area contributed by atoms with Crippen molar-refractivity contribution in [3.05, 3.63) is 71.0 Å². The molecule has 24 heavy (non-hydrogen) atoms. The predicted octanol–water partition coefficient (Wildman–Crippen LogP) is 2.57. The molecule has 1 atom stereocenters. The molecule has 2 aromatic carbocycles. The summed E-state index contributed by atoms with van der Waals surface area (Å²) in [5.74, 6) is -3.77. The van der Waals surface area contributed by atoms with E-state index in [-0.39, 0.29) is 17.7 Å². The van der Waals surface area contributed by atoms with E-state index in [1.807, 2.05) is 0 Å². The highest BCUT2D eigenvalue weighted by atomic mass is 19.1. The maximum atomic E-state index is 13.9. The normalized spacial score (nSPS) is 16.9. The molecule has 2 amide bonds. The number of imide groups is 1. The monoisotopic (exact) mass is 327 g/mol. The highest BCUT2D eigenvalue weighted by molar-refractivity contribution is 6.12. The Balaban J connectivity index is 2.02. The van der Waals surface area contributed by atoms with Gasteiger partial charge in [-0.25, -0.2) is 4.39 Å². The van der Waals surface area contributed by atoms with Gasteiger partial charge < -0.3 is 5.11 Å². The number of amides is 2. The minimum atomic E-state index is -1.14. The molecule has 1 aliphatic heterocycles. The van der Waals surface area contributed by atoms with Gasteiger partial charge in [-0.15, -0.1) is 0 Å². The fourth-order valence-electron chi connectivity index (χ4n) is 2.88. The minimum Gasteiger partial charge on any atom is -0.481 e. The zero-order valence-electron chi connectivity index (χ0n) is 12.6. The maximum Gasteiger partial charge on any atom is 0.304 e. The Kier molecular flexibility index (Phi) is 4.12. The SMILES string of the molecule is O=C(O)CC1C(=O)N(Cc2ccccc2F)C(=O)c2ccccc21. The lowest BCUT2D eigenvalue weighted by molar-refractivity contribution is -0.141. The molecule has 5 nitrogen and oxygen atoms in total.